The number of aromatic nitrogens is 2. The molecule has 0 aliphatic carbocycles. The van der Waals surface area contributed by atoms with E-state index in [1.54, 1.807) is 6.20 Å². The zero-order valence-corrected chi connectivity index (χ0v) is 13.8. The molecule has 1 atom stereocenters. The first kappa shape index (κ1) is 16.5. The van der Waals surface area contributed by atoms with Crippen molar-refractivity contribution in [2.24, 2.45) is 0 Å². The van der Waals surface area contributed by atoms with Gasteiger partial charge in [-0.2, -0.15) is 0 Å². The van der Waals surface area contributed by atoms with E-state index in [2.05, 4.69) is 44.5 Å². The normalized spacial score (nSPS) is 18.3. The molecular weight excluding hydrogens is 304 g/mol. The van der Waals surface area contributed by atoms with E-state index in [1.165, 1.54) is 11.8 Å². The summed E-state index contributed by atoms with van der Waals surface area (Å²) in [6.07, 6.45) is 3.08. The molecule has 2 aromatic rings. The van der Waals surface area contributed by atoms with Gasteiger partial charge in [-0.1, -0.05) is 30.3 Å². The van der Waals surface area contributed by atoms with Crippen LogP contribution < -0.4 is 5.32 Å². The van der Waals surface area contributed by atoms with Crippen molar-refractivity contribution < 1.29 is 9.53 Å². The minimum absolute atomic E-state index is 0.00943. The van der Waals surface area contributed by atoms with E-state index in [9.17, 15) is 4.79 Å². The molecule has 1 aliphatic rings. The van der Waals surface area contributed by atoms with Crippen molar-refractivity contribution in [3.63, 3.8) is 0 Å². The average Bonchev–Trinajstić information content (AvgIpc) is 2.61. The van der Waals surface area contributed by atoms with Crippen LogP contribution in [-0.4, -0.2) is 53.1 Å². The van der Waals surface area contributed by atoms with Crippen molar-refractivity contribution in [2.75, 3.05) is 26.2 Å². The van der Waals surface area contributed by atoms with Crippen molar-refractivity contribution >= 4 is 5.91 Å². The summed E-state index contributed by atoms with van der Waals surface area (Å²) in [7, 11) is 0. The first-order chi connectivity index (χ1) is 11.7. The SMILES string of the molecule is Cc1cnc(C(=O)NC[C@H]2CN(Cc3ccccc3)CCO2)cn1. The van der Waals surface area contributed by atoms with Crippen LogP contribution in [-0.2, 0) is 11.3 Å². The molecule has 1 N–H and O–H groups in total. The number of amides is 1. The lowest BCUT2D eigenvalue weighted by molar-refractivity contribution is -0.0292. The van der Waals surface area contributed by atoms with Crippen LogP contribution in [0.15, 0.2) is 42.7 Å². The Kier molecular flexibility index (Phi) is 5.51. The van der Waals surface area contributed by atoms with E-state index in [1.807, 2.05) is 13.0 Å². The number of ether oxygens (including phenoxy) is 1. The van der Waals surface area contributed by atoms with Crippen molar-refractivity contribution in [2.45, 2.75) is 19.6 Å². The molecule has 24 heavy (non-hydrogen) atoms. The molecule has 0 unspecified atom stereocenters. The first-order valence-electron chi connectivity index (χ1n) is 8.15. The zero-order valence-electron chi connectivity index (χ0n) is 13.8. The number of carbonyl (C=O) groups excluding carboxylic acids is 1. The smallest absolute Gasteiger partial charge is 0.271 e. The lowest BCUT2D eigenvalue weighted by atomic mass is 10.2. The van der Waals surface area contributed by atoms with Crippen molar-refractivity contribution in [3.05, 3.63) is 59.7 Å². The van der Waals surface area contributed by atoms with Gasteiger partial charge in [-0.15, -0.1) is 0 Å². The third-order valence-electron chi connectivity index (χ3n) is 3.98. The Labute approximate surface area is 141 Å². The van der Waals surface area contributed by atoms with Crippen LogP contribution in [0.3, 0.4) is 0 Å². The highest BCUT2D eigenvalue weighted by Gasteiger charge is 2.21. The Morgan fingerprint density at radius 2 is 2.12 bits per heavy atom. The van der Waals surface area contributed by atoms with Gasteiger partial charge in [-0.3, -0.25) is 14.7 Å². The number of nitrogens with one attached hydrogen (secondary N) is 1. The summed E-state index contributed by atoms with van der Waals surface area (Å²) < 4.78 is 5.76. The van der Waals surface area contributed by atoms with Crippen LogP contribution in [0.2, 0.25) is 0 Å². The maximum absolute atomic E-state index is 12.1. The van der Waals surface area contributed by atoms with Crippen molar-refractivity contribution in [1.29, 1.82) is 0 Å². The second-order valence-electron chi connectivity index (χ2n) is 5.97. The maximum Gasteiger partial charge on any atom is 0.271 e. The average molecular weight is 326 g/mol. The lowest BCUT2D eigenvalue weighted by Gasteiger charge is -2.33. The monoisotopic (exact) mass is 326 g/mol. The topological polar surface area (TPSA) is 67.4 Å². The second-order valence-corrected chi connectivity index (χ2v) is 5.97. The fraction of sp³-hybridized carbons (Fsp3) is 0.389. The fourth-order valence-corrected chi connectivity index (χ4v) is 2.70. The highest BCUT2D eigenvalue weighted by molar-refractivity contribution is 5.91. The molecule has 0 bridgehead atoms. The molecule has 2 heterocycles. The van der Waals surface area contributed by atoms with E-state index in [4.69, 9.17) is 4.74 Å². The molecule has 1 amide bonds. The molecule has 3 rings (SSSR count). The van der Waals surface area contributed by atoms with E-state index < -0.39 is 0 Å². The Balaban J connectivity index is 1.48. The van der Waals surface area contributed by atoms with E-state index in [-0.39, 0.29) is 12.0 Å². The largest absolute Gasteiger partial charge is 0.374 e. The standard InChI is InChI=1S/C18H22N4O2/c1-14-9-20-17(11-19-14)18(23)21-10-16-13-22(7-8-24-16)12-15-5-3-2-4-6-15/h2-6,9,11,16H,7-8,10,12-13H2,1H3,(H,21,23)/t16-/m0/s1. The molecule has 6 heteroatoms. The minimum Gasteiger partial charge on any atom is -0.374 e. The van der Waals surface area contributed by atoms with Gasteiger partial charge in [0.05, 0.1) is 24.6 Å². The number of benzene rings is 1. The molecule has 1 aromatic heterocycles. The van der Waals surface area contributed by atoms with E-state index >= 15 is 0 Å². The van der Waals surface area contributed by atoms with Crippen LogP contribution in [0.25, 0.3) is 0 Å². The Bertz CT molecular complexity index is 660. The van der Waals surface area contributed by atoms with E-state index in [0.29, 0.717) is 18.8 Å². The highest BCUT2D eigenvalue weighted by atomic mass is 16.5. The van der Waals surface area contributed by atoms with E-state index in [0.717, 1.165) is 25.3 Å². The van der Waals surface area contributed by atoms with Crippen molar-refractivity contribution in [3.8, 4) is 0 Å². The number of morpholine rings is 1. The van der Waals surface area contributed by atoms with Gasteiger partial charge in [0.1, 0.15) is 5.69 Å². The number of rotatable bonds is 5. The van der Waals surface area contributed by atoms with Crippen LogP contribution in [0, 0.1) is 6.92 Å². The van der Waals surface area contributed by atoms with Crippen LogP contribution >= 0.6 is 0 Å². The Morgan fingerprint density at radius 1 is 1.29 bits per heavy atom. The molecular formula is C18H22N4O2. The van der Waals surface area contributed by atoms with Crippen LogP contribution in [0.1, 0.15) is 21.7 Å². The predicted molar refractivity (Wildman–Crippen MR) is 90.6 cm³/mol. The van der Waals surface area contributed by atoms with Gasteiger partial charge < -0.3 is 10.1 Å². The molecule has 126 valence electrons. The second kappa shape index (κ2) is 7.99. The quantitative estimate of drug-likeness (QED) is 0.900. The first-order valence-corrected chi connectivity index (χ1v) is 8.15. The number of nitrogens with zero attached hydrogens (tertiary/aromatic N) is 3. The molecule has 0 radical (unpaired) electrons. The summed E-state index contributed by atoms with van der Waals surface area (Å²) in [5.74, 6) is -0.216. The number of aryl methyl sites for hydroxylation is 1. The fourth-order valence-electron chi connectivity index (χ4n) is 2.70. The lowest BCUT2D eigenvalue weighted by Crippen LogP contribution is -2.47. The molecule has 1 aromatic carbocycles. The molecule has 0 spiro atoms. The summed E-state index contributed by atoms with van der Waals surface area (Å²) in [4.78, 5) is 22.6. The van der Waals surface area contributed by atoms with Gasteiger partial charge in [-0.05, 0) is 12.5 Å². The summed E-state index contributed by atoms with van der Waals surface area (Å²) in [6, 6.07) is 10.4. The maximum atomic E-state index is 12.1. The molecule has 0 saturated carbocycles. The summed E-state index contributed by atoms with van der Waals surface area (Å²) >= 11 is 0. The number of carbonyl (C=O) groups is 1. The highest BCUT2D eigenvalue weighted by Crippen LogP contribution is 2.10. The van der Waals surface area contributed by atoms with Gasteiger partial charge in [-0.25, -0.2) is 4.98 Å². The molecule has 1 fully saturated rings. The zero-order chi connectivity index (χ0) is 16.8. The van der Waals surface area contributed by atoms with Gasteiger partial charge in [0.25, 0.3) is 5.91 Å². The minimum atomic E-state index is -0.216. The Hall–Kier alpha value is -2.31. The number of hydrogen-bond acceptors (Lipinski definition) is 5. The van der Waals surface area contributed by atoms with Gasteiger partial charge in [0.15, 0.2) is 0 Å². The predicted octanol–water partition coefficient (Wildman–Crippen LogP) is 1.42. The summed E-state index contributed by atoms with van der Waals surface area (Å²) in [6.45, 7) is 5.60. The molecule has 6 nitrogen and oxygen atoms in total. The molecule has 1 aliphatic heterocycles. The third-order valence-corrected chi connectivity index (χ3v) is 3.98. The Morgan fingerprint density at radius 3 is 2.88 bits per heavy atom. The van der Waals surface area contributed by atoms with Gasteiger partial charge in [0, 0.05) is 32.4 Å². The van der Waals surface area contributed by atoms with Gasteiger partial charge in [0.2, 0.25) is 0 Å². The third kappa shape index (κ3) is 4.59. The van der Waals surface area contributed by atoms with Gasteiger partial charge >= 0.3 is 0 Å². The van der Waals surface area contributed by atoms with Crippen molar-refractivity contribution in [1.82, 2.24) is 20.2 Å². The molecule has 1 saturated heterocycles. The van der Waals surface area contributed by atoms with Crippen LogP contribution in [0.4, 0.5) is 0 Å². The summed E-state index contributed by atoms with van der Waals surface area (Å²) in [5.41, 5.74) is 2.41. The summed E-state index contributed by atoms with van der Waals surface area (Å²) in [5, 5.41) is 2.88. The number of hydrogen-bond donors (Lipinski definition) is 1. The van der Waals surface area contributed by atoms with Crippen LogP contribution in [0.5, 0.6) is 0 Å².